The number of halogens is 1. The van der Waals surface area contributed by atoms with Crippen LogP contribution >= 0.6 is 11.6 Å². The number of rotatable bonds is 5. The molecule has 1 aromatic carbocycles. The lowest BCUT2D eigenvalue weighted by molar-refractivity contribution is -0.137. The number of aromatic nitrogens is 3. The first-order valence-electron chi connectivity index (χ1n) is 6.14. The second-order valence-corrected chi connectivity index (χ2v) is 4.82. The lowest BCUT2D eigenvalue weighted by atomic mass is 10.1. The van der Waals surface area contributed by atoms with Gasteiger partial charge in [-0.2, -0.15) is 0 Å². The van der Waals surface area contributed by atoms with Crippen LogP contribution in [0, 0.1) is 0 Å². The number of hydrogen-bond acceptors (Lipinski definition) is 4. The van der Waals surface area contributed by atoms with Gasteiger partial charge >= 0.3 is 5.97 Å². The van der Waals surface area contributed by atoms with Gasteiger partial charge in [0.05, 0.1) is 12.2 Å². The molecule has 0 radical (unpaired) electrons. The minimum Gasteiger partial charge on any atom is -0.480 e. The van der Waals surface area contributed by atoms with Crippen LogP contribution in [0.15, 0.2) is 30.5 Å². The molecule has 1 amide bonds. The van der Waals surface area contributed by atoms with Gasteiger partial charge in [0.2, 0.25) is 0 Å². The van der Waals surface area contributed by atoms with Gasteiger partial charge in [-0.15, -0.1) is 5.10 Å². The predicted octanol–water partition coefficient (Wildman–Crippen LogP) is 1.51. The molecule has 0 saturated carbocycles. The fourth-order valence-electron chi connectivity index (χ4n) is 1.79. The molecule has 7 nitrogen and oxygen atoms in total. The lowest BCUT2D eigenvalue weighted by Gasteiger charge is -2.14. The largest absolute Gasteiger partial charge is 0.480 e. The molecule has 2 aromatic rings. The molecule has 110 valence electrons. The third kappa shape index (κ3) is 3.79. The van der Waals surface area contributed by atoms with Crippen LogP contribution in [0.4, 0.5) is 0 Å². The third-order valence-electron chi connectivity index (χ3n) is 2.79. The number of nitrogens with one attached hydrogen (secondary N) is 1. The van der Waals surface area contributed by atoms with Gasteiger partial charge in [0.15, 0.2) is 5.69 Å². The molecule has 1 aromatic heterocycles. The van der Waals surface area contributed by atoms with E-state index >= 15 is 0 Å². The molecule has 1 heterocycles. The molecule has 0 aliphatic carbocycles. The van der Waals surface area contributed by atoms with Gasteiger partial charge in [-0.25, -0.2) is 4.68 Å². The number of benzene rings is 1. The summed E-state index contributed by atoms with van der Waals surface area (Å²) in [4.78, 5) is 22.6. The number of nitrogens with zero attached hydrogens (tertiary/aromatic N) is 3. The van der Waals surface area contributed by atoms with Crippen LogP contribution in [0.3, 0.4) is 0 Å². The van der Waals surface area contributed by atoms with Gasteiger partial charge < -0.3 is 10.4 Å². The molecular weight excluding hydrogens is 296 g/mol. The normalized spacial score (nSPS) is 11.9. The molecule has 8 heteroatoms. The molecule has 1 atom stereocenters. The fraction of sp³-hybridized carbons (Fsp3) is 0.231. The van der Waals surface area contributed by atoms with Crippen LogP contribution < -0.4 is 5.32 Å². The first-order chi connectivity index (χ1) is 9.97. The number of carbonyl (C=O) groups excluding carboxylic acids is 1. The van der Waals surface area contributed by atoms with Crippen molar-refractivity contribution in [2.45, 2.75) is 19.5 Å². The van der Waals surface area contributed by atoms with Gasteiger partial charge in [-0.1, -0.05) is 35.0 Å². The number of amides is 1. The predicted molar refractivity (Wildman–Crippen MR) is 75.0 cm³/mol. The maximum Gasteiger partial charge on any atom is 0.325 e. The molecular formula is C13H13ClN4O3. The van der Waals surface area contributed by atoms with Crippen LogP contribution in [0.1, 0.15) is 29.0 Å². The van der Waals surface area contributed by atoms with Crippen molar-refractivity contribution in [2.75, 3.05) is 0 Å². The molecule has 2 N–H and O–H groups in total. The molecule has 0 fully saturated rings. The van der Waals surface area contributed by atoms with E-state index in [-0.39, 0.29) is 18.3 Å². The highest BCUT2D eigenvalue weighted by molar-refractivity contribution is 6.31. The zero-order valence-electron chi connectivity index (χ0n) is 11.2. The van der Waals surface area contributed by atoms with Gasteiger partial charge in [0.25, 0.3) is 5.91 Å². The molecule has 0 spiro atoms. The van der Waals surface area contributed by atoms with Crippen molar-refractivity contribution in [3.8, 4) is 0 Å². The van der Waals surface area contributed by atoms with E-state index in [1.807, 2.05) is 12.1 Å². The van der Waals surface area contributed by atoms with Gasteiger partial charge in [0.1, 0.15) is 6.54 Å². The van der Waals surface area contributed by atoms with E-state index in [0.717, 1.165) is 10.2 Å². The monoisotopic (exact) mass is 308 g/mol. The molecule has 21 heavy (non-hydrogen) atoms. The maximum atomic E-state index is 12.0. The Kier molecular flexibility index (Phi) is 4.54. The summed E-state index contributed by atoms with van der Waals surface area (Å²) in [7, 11) is 0. The number of aliphatic carboxylic acids is 1. The quantitative estimate of drug-likeness (QED) is 0.872. The molecule has 0 saturated heterocycles. The molecule has 0 bridgehead atoms. The highest BCUT2D eigenvalue weighted by Gasteiger charge is 2.16. The maximum absolute atomic E-state index is 12.0. The zero-order chi connectivity index (χ0) is 15.4. The van der Waals surface area contributed by atoms with Crippen molar-refractivity contribution in [1.29, 1.82) is 0 Å². The summed E-state index contributed by atoms with van der Waals surface area (Å²) in [5.74, 6) is -1.50. The molecule has 1 unspecified atom stereocenters. The van der Waals surface area contributed by atoms with Crippen LogP contribution in [-0.4, -0.2) is 32.0 Å². The molecule has 2 rings (SSSR count). The summed E-state index contributed by atoms with van der Waals surface area (Å²) < 4.78 is 1.08. The van der Waals surface area contributed by atoms with Crippen molar-refractivity contribution in [3.63, 3.8) is 0 Å². The Hall–Kier alpha value is -2.41. The Morgan fingerprint density at radius 1 is 1.43 bits per heavy atom. The average molecular weight is 309 g/mol. The minimum atomic E-state index is -1.06. The first-order valence-corrected chi connectivity index (χ1v) is 6.52. The van der Waals surface area contributed by atoms with Gasteiger partial charge in [-0.05, 0) is 18.6 Å². The van der Waals surface area contributed by atoms with Gasteiger partial charge in [0, 0.05) is 5.02 Å². The van der Waals surface area contributed by atoms with Crippen molar-refractivity contribution >= 4 is 23.5 Å². The van der Waals surface area contributed by atoms with E-state index in [2.05, 4.69) is 15.6 Å². The summed E-state index contributed by atoms with van der Waals surface area (Å²) in [5, 5.41) is 19.1. The topological polar surface area (TPSA) is 97.1 Å². The molecule has 0 aliphatic heterocycles. The van der Waals surface area contributed by atoms with Crippen molar-refractivity contribution < 1.29 is 14.7 Å². The van der Waals surface area contributed by atoms with Crippen LogP contribution in [0.5, 0.6) is 0 Å². The minimum absolute atomic E-state index is 0.0511. The highest BCUT2D eigenvalue weighted by Crippen LogP contribution is 2.22. The Bertz CT molecular complexity index is 671. The van der Waals surface area contributed by atoms with Crippen molar-refractivity contribution in [3.05, 3.63) is 46.7 Å². The first kappa shape index (κ1) is 15.0. The summed E-state index contributed by atoms with van der Waals surface area (Å²) in [6.07, 6.45) is 1.28. The standard InChI is InChI=1S/C13H13ClN4O3/c1-8(9-4-2-3-5-10(9)14)15-13(21)11-6-18(17-16-11)7-12(19)20/h2-6,8H,7H2,1H3,(H,15,21)(H,19,20). The van der Waals surface area contributed by atoms with E-state index in [4.69, 9.17) is 16.7 Å². The smallest absolute Gasteiger partial charge is 0.325 e. The van der Waals surface area contributed by atoms with Crippen LogP contribution in [0.2, 0.25) is 5.02 Å². The van der Waals surface area contributed by atoms with E-state index < -0.39 is 11.9 Å². The van der Waals surface area contributed by atoms with Crippen LogP contribution in [-0.2, 0) is 11.3 Å². The van der Waals surface area contributed by atoms with E-state index in [9.17, 15) is 9.59 Å². The third-order valence-corrected chi connectivity index (χ3v) is 3.13. The SMILES string of the molecule is CC(NC(=O)c1cn(CC(=O)O)nn1)c1ccccc1Cl. The fourth-order valence-corrected chi connectivity index (χ4v) is 2.09. The second-order valence-electron chi connectivity index (χ2n) is 4.41. The lowest BCUT2D eigenvalue weighted by Crippen LogP contribution is -2.27. The average Bonchev–Trinajstić information content (AvgIpc) is 2.86. The Morgan fingerprint density at radius 2 is 2.14 bits per heavy atom. The van der Waals surface area contributed by atoms with Crippen molar-refractivity contribution in [1.82, 2.24) is 20.3 Å². The summed E-state index contributed by atoms with van der Waals surface area (Å²) >= 11 is 6.06. The molecule has 0 aliphatic rings. The van der Waals surface area contributed by atoms with E-state index in [1.54, 1.807) is 19.1 Å². The van der Waals surface area contributed by atoms with Crippen LogP contribution in [0.25, 0.3) is 0 Å². The Balaban J connectivity index is 2.06. The second kappa shape index (κ2) is 6.36. The van der Waals surface area contributed by atoms with E-state index in [0.29, 0.717) is 5.02 Å². The summed E-state index contributed by atoms with van der Waals surface area (Å²) in [6.45, 7) is 1.45. The summed E-state index contributed by atoms with van der Waals surface area (Å²) in [6, 6.07) is 6.87. The van der Waals surface area contributed by atoms with E-state index in [1.165, 1.54) is 6.20 Å². The van der Waals surface area contributed by atoms with Gasteiger partial charge in [-0.3, -0.25) is 9.59 Å². The highest BCUT2D eigenvalue weighted by atomic mass is 35.5. The Labute approximate surface area is 125 Å². The Morgan fingerprint density at radius 3 is 2.81 bits per heavy atom. The zero-order valence-corrected chi connectivity index (χ0v) is 11.9. The number of carboxylic acid groups (broad SMARTS) is 1. The number of carboxylic acids is 1. The number of hydrogen-bond donors (Lipinski definition) is 2. The summed E-state index contributed by atoms with van der Waals surface area (Å²) in [5.41, 5.74) is 0.834. The number of carbonyl (C=O) groups is 2. The van der Waals surface area contributed by atoms with Crippen molar-refractivity contribution in [2.24, 2.45) is 0 Å².